The normalized spacial score (nSPS) is 16.8. The highest BCUT2D eigenvalue weighted by atomic mass is 35.5. The fraction of sp³-hybridized carbons (Fsp3) is 0.389. The lowest BCUT2D eigenvalue weighted by molar-refractivity contribution is 0.307. The van der Waals surface area contributed by atoms with Gasteiger partial charge in [-0.05, 0) is 30.5 Å². The lowest BCUT2D eigenvalue weighted by Crippen LogP contribution is -2.33. The second-order valence-electron chi connectivity index (χ2n) is 6.51. The van der Waals surface area contributed by atoms with E-state index in [1.807, 2.05) is 24.3 Å². The summed E-state index contributed by atoms with van der Waals surface area (Å²) in [5, 5.41) is 4.31. The summed E-state index contributed by atoms with van der Waals surface area (Å²) in [4.78, 5) is 6.84. The molecule has 0 unspecified atom stereocenters. The summed E-state index contributed by atoms with van der Waals surface area (Å²) in [6, 6.07) is 8.01. The van der Waals surface area contributed by atoms with Crippen molar-refractivity contribution in [2.24, 2.45) is 0 Å². The number of anilines is 3. The molecular weight excluding hydrogens is 359 g/mol. The van der Waals surface area contributed by atoms with Crippen LogP contribution in [0.3, 0.4) is 0 Å². The van der Waals surface area contributed by atoms with E-state index in [9.17, 15) is 0 Å². The van der Waals surface area contributed by atoms with Gasteiger partial charge in [-0.1, -0.05) is 48.2 Å². The minimum Gasteiger partial charge on any atom is -0.483 e. The highest BCUT2D eigenvalue weighted by molar-refractivity contribution is 6.32. The quantitative estimate of drug-likeness (QED) is 0.756. The fourth-order valence-electron chi connectivity index (χ4n) is 3.60. The Morgan fingerprint density at radius 3 is 2.84 bits per heavy atom. The largest absolute Gasteiger partial charge is 0.483 e. The van der Waals surface area contributed by atoms with Crippen LogP contribution in [0.2, 0.25) is 10.2 Å². The molecule has 7 heteroatoms. The summed E-state index contributed by atoms with van der Waals surface area (Å²) in [6.07, 6.45) is 4.90. The monoisotopic (exact) mass is 378 g/mol. The van der Waals surface area contributed by atoms with Gasteiger partial charge in [-0.15, -0.1) is 0 Å². The predicted molar refractivity (Wildman–Crippen MR) is 103 cm³/mol. The molecule has 2 aromatic rings. The van der Waals surface area contributed by atoms with Crippen molar-refractivity contribution in [3.63, 3.8) is 0 Å². The van der Waals surface area contributed by atoms with Gasteiger partial charge in [0.2, 0.25) is 0 Å². The highest BCUT2D eigenvalue weighted by Gasteiger charge is 2.32. The van der Waals surface area contributed by atoms with Crippen LogP contribution in [0.25, 0.3) is 0 Å². The summed E-state index contributed by atoms with van der Waals surface area (Å²) in [7, 11) is 0. The first kappa shape index (κ1) is 16.6. The SMILES string of the molecule is Nc1c2c(nc(Cl)c1OCc1cccc(Cl)c1)N(C1CCCC1)CN2. The van der Waals surface area contributed by atoms with Crippen molar-refractivity contribution >= 4 is 40.4 Å². The summed E-state index contributed by atoms with van der Waals surface area (Å²) >= 11 is 12.4. The van der Waals surface area contributed by atoms with Crippen molar-refractivity contribution in [2.45, 2.75) is 38.3 Å². The van der Waals surface area contributed by atoms with Crippen LogP contribution in [0.5, 0.6) is 5.75 Å². The Kier molecular flexibility index (Phi) is 4.52. The van der Waals surface area contributed by atoms with Crippen LogP contribution in [0.1, 0.15) is 31.2 Å². The molecule has 0 bridgehead atoms. The summed E-state index contributed by atoms with van der Waals surface area (Å²) < 4.78 is 5.86. The Labute approximate surface area is 157 Å². The van der Waals surface area contributed by atoms with Crippen LogP contribution in [-0.2, 0) is 6.61 Å². The molecule has 1 aliphatic carbocycles. The molecule has 1 saturated carbocycles. The van der Waals surface area contributed by atoms with Crippen LogP contribution in [0, 0.1) is 0 Å². The number of nitrogens with two attached hydrogens (primary N) is 1. The Balaban J connectivity index is 1.58. The van der Waals surface area contributed by atoms with Gasteiger partial charge in [-0.25, -0.2) is 4.98 Å². The maximum Gasteiger partial charge on any atom is 0.182 e. The number of rotatable bonds is 4. The molecule has 25 heavy (non-hydrogen) atoms. The molecule has 0 amide bonds. The summed E-state index contributed by atoms with van der Waals surface area (Å²) in [6.45, 7) is 1.04. The first-order valence-electron chi connectivity index (χ1n) is 8.50. The van der Waals surface area contributed by atoms with Crippen molar-refractivity contribution in [3.05, 3.63) is 40.0 Å². The second-order valence-corrected chi connectivity index (χ2v) is 7.30. The van der Waals surface area contributed by atoms with E-state index in [4.69, 9.17) is 33.7 Å². The highest BCUT2D eigenvalue weighted by Crippen LogP contribution is 2.45. The number of hydrogen-bond donors (Lipinski definition) is 2. The standard InChI is InChI=1S/C18H20Cl2N4O/c19-12-5-3-4-11(8-12)9-25-16-14(21)15-18(23-17(16)20)24(10-22-15)13-6-1-2-7-13/h3-5,8,13,22H,1-2,6-7,9-10H2,(H2,21,23). The van der Waals surface area contributed by atoms with Crippen molar-refractivity contribution < 1.29 is 4.74 Å². The average Bonchev–Trinajstić information content (AvgIpc) is 3.23. The molecule has 0 atom stereocenters. The summed E-state index contributed by atoms with van der Waals surface area (Å²) in [5.74, 6) is 1.26. The molecule has 1 fully saturated rings. The number of benzene rings is 1. The van der Waals surface area contributed by atoms with E-state index in [1.54, 1.807) is 0 Å². The molecule has 132 valence electrons. The topological polar surface area (TPSA) is 63.4 Å². The van der Waals surface area contributed by atoms with Gasteiger partial charge in [0.15, 0.2) is 16.7 Å². The predicted octanol–water partition coefficient (Wildman–Crippen LogP) is 4.68. The zero-order chi connectivity index (χ0) is 17.4. The molecule has 3 N–H and O–H groups in total. The van der Waals surface area contributed by atoms with E-state index >= 15 is 0 Å². The number of halogens is 2. The van der Waals surface area contributed by atoms with E-state index in [1.165, 1.54) is 25.7 Å². The van der Waals surface area contributed by atoms with E-state index in [-0.39, 0.29) is 0 Å². The maximum absolute atomic E-state index is 6.39. The maximum atomic E-state index is 6.39. The number of nitrogens with zero attached hydrogens (tertiary/aromatic N) is 2. The van der Waals surface area contributed by atoms with E-state index in [0.29, 0.717) is 40.9 Å². The number of nitrogens with one attached hydrogen (secondary N) is 1. The Morgan fingerprint density at radius 2 is 2.08 bits per heavy atom. The van der Waals surface area contributed by atoms with E-state index < -0.39 is 0 Å². The third-order valence-corrected chi connectivity index (χ3v) is 5.36. The molecule has 0 radical (unpaired) electrons. The molecule has 0 saturated heterocycles. The number of fused-ring (bicyclic) bond motifs is 1. The van der Waals surface area contributed by atoms with Gasteiger partial charge < -0.3 is 20.7 Å². The third-order valence-electron chi connectivity index (χ3n) is 4.86. The van der Waals surface area contributed by atoms with E-state index in [0.717, 1.165) is 17.1 Å². The third kappa shape index (κ3) is 3.18. The zero-order valence-electron chi connectivity index (χ0n) is 13.8. The van der Waals surface area contributed by atoms with Gasteiger partial charge in [0.05, 0.1) is 6.67 Å². The minimum absolute atomic E-state index is 0.296. The molecular formula is C18H20Cl2N4O. The van der Waals surface area contributed by atoms with Gasteiger partial charge in [0, 0.05) is 11.1 Å². The average molecular weight is 379 g/mol. The smallest absolute Gasteiger partial charge is 0.182 e. The first-order valence-corrected chi connectivity index (χ1v) is 9.26. The molecule has 1 aromatic carbocycles. The van der Waals surface area contributed by atoms with Crippen molar-refractivity contribution in [1.82, 2.24) is 4.98 Å². The molecule has 0 spiro atoms. The van der Waals surface area contributed by atoms with E-state index in [2.05, 4.69) is 15.2 Å². The molecule has 5 nitrogen and oxygen atoms in total. The van der Waals surface area contributed by atoms with Gasteiger partial charge in [0.1, 0.15) is 18.0 Å². The van der Waals surface area contributed by atoms with Gasteiger partial charge in [-0.2, -0.15) is 0 Å². The van der Waals surface area contributed by atoms with Crippen LogP contribution >= 0.6 is 23.2 Å². The second kappa shape index (κ2) is 6.81. The van der Waals surface area contributed by atoms with Crippen molar-refractivity contribution in [3.8, 4) is 5.75 Å². The lowest BCUT2D eigenvalue weighted by Gasteiger charge is -2.24. The number of aromatic nitrogens is 1. The summed E-state index contributed by atoms with van der Waals surface area (Å²) in [5.41, 5.74) is 8.60. The molecule has 1 aliphatic heterocycles. The van der Waals surface area contributed by atoms with Gasteiger partial charge in [0.25, 0.3) is 0 Å². The lowest BCUT2D eigenvalue weighted by atomic mass is 10.2. The zero-order valence-corrected chi connectivity index (χ0v) is 15.3. The minimum atomic E-state index is 0.296. The van der Waals surface area contributed by atoms with Gasteiger partial charge >= 0.3 is 0 Å². The molecule has 4 rings (SSSR count). The van der Waals surface area contributed by atoms with Crippen LogP contribution < -0.4 is 20.7 Å². The van der Waals surface area contributed by atoms with Crippen LogP contribution in [-0.4, -0.2) is 17.7 Å². The first-order chi connectivity index (χ1) is 12.1. The Morgan fingerprint density at radius 1 is 1.28 bits per heavy atom. The van der Waals surface area contributed by atoms with Crippen molar-refractivity contribution in [1.29, 1.82) is 0 Å². The number of pyridine rings is 1. The van der Waals surface area contributed by atoms with Crippen LogP contribution in [0.15, 0.2) is 24.3 Å². The number of hydrogen-bond acceptors (Lipinski definition) is 5. The van der Waals surface area contributed by atoms with Gasteiger partial charge in [-0.3, -0.25) is 0 Å². The number of ether oxygens (including phenoxy) is 1. The Bertz CT molecular complexity index is 793. The molecule has 2 heterocycles. The Hall–Kier alpha value is -1.85. The number of nitrogen functional groups attached to an aromatic ring is 1. The molecule has 1 aromatic heterocycles. The van der Waals surface area contributed by atoms with Crippen LogP contribution in [0.4, 0.5) is 17.2 Å². The fourth-order valence-corrected chi connectivity index (χ4v) is 4.05. The van der Waals surface area contributed by atoms with Crippen molar-refractivity contribution in [2.75, 3.05) is 22.6 Å². The molecule has 2 aliphatic rings.